The van der Waals surface area contributed by atoms with Crippen molar-refractivity contribution in [2.24, 2.45) is 0 Å². The van der Waals surface area contributed by atoms with E-state index in [0.29, 0.717) is 11.6 Å². The van der Waals surface area contributed by atoms with Crippen LogP contribution in [0.15, 0.2) is 24.3 Å². The van der Waals surface area contributed by atoms with E-state index in [0.717, 1.165) is 31.4 Å². The van der Waals surface area contributed by atoms with Gasteiger partial charge < -0.3 is 5.32 Å². The highest BCUT2D eigenvalue weighted by Gasteiger charge is 2.21. The number of sulfonamides is 1. The quantitative estimate of drug-likeness (QED) is 0.878. The van der Waals surface area contributed by atoms with E-state index in [1.807, 2.05) is 24.3 Å². The Labute approximate surface area is 122 Å². The molecule has 0 aliphatic carbocycles. The van der Waals surface area contributed by atoms with Gasteiger partial charge in [-0.05, 0) is 36.9 Å². The largest absolute Gasteiger partial charge is 0.313 e. The third kappa shape index (κ3) is 4.21. The molecule has 1 fully saturated rings. The number of hydrogen-bond acceptors (Lipinski definition) is 3. The fraction of sp³-hybridized carbons (Fsp3) is 0.600. The number of benzene rings is 1. The number of para-hydroxylation sites is 1. The van der Waals surface area contributed by atoms with Gasteiger partial charge in [0.2, 0.25) is 10.0 Å². The SMILES string of the molecule is CC(C)c1ccccc1NS(=O)(=O)CC1CCCCN1. The summed E-state index contributed by atoms with van der Waals surface area (Å²) >= 11 is 0. The molecule has 0 bridgehead atoms. The van der Waals surface area contributed by atoms with Gasteiger partial charge in [0, 0.05) is 6.04 Å². The lowest BCUT2D eigenvalue weighted by Gasteiger charge is -2.24. The number of piperidine rings is 1. The Morgan fingerprint density at radius 1 is 1.30 bits per heavy atom. The van der Waals surface area contributed by atoms with E-state index in [1.54, 1.807) is 0 Å². The predicted octanol–water partition coefficient (Wildman–Crippen LogP) is 2.69. The van der Waals surface area contributed by atoms with Crippen LogP contribution in [-0.2, 0) is 10.0 Å². The van der Waals surface area contributed by atoms with Crippen molar-refractivity contribution in [3.05, 3.63) is 29.8 Å². The van der Waals surface area contributed by atoms with Crippen LogP contribution < -0.4 is 10.0 Å². The topological polar surface area (TPSA) is 58.2 Å². The van der Waals surface area contributed by atoms with Crippen LogP contribution in [0.4, 0.5) is 5.69 Å². The number of rotatable bonds is 5. The molecule has 0 saturated carbocycles. The first-order chi connectivity index (χ1) is 9.48. The average molecular weight is 296 g/mol. The number of hydrogen-bond donors (Lipinski definition) is 2. The molecule has 1 aromatic rings. The zero-order chi connectivity index (χ0) is 14.6. The van der Waals surface area contributed by atoms with Crippen LogP contribution in [0.3, 0.4) is 0 Å². The van der Waals surface area contributed by atoms with Crippen molar-refractivity contribution >= 4 is 15.7 Å². The van der Waals surface area contributed by atoms with Gasteiger partial charge in [-0.25, -0.2) is 8.42 Å². The van der Waals surface area contributed by atoms with Crippen LogP contribution >= 0.6 is 0 Å². The van der Waals surface area contributed by atoms with Crippen LogP contribution in [0.1, 0.15) is 44.6 Å². The average Bonchev–Trinajstić information content (AvgIpc) is 2.39. The highest BCUT2D eigenvalue weighted by molar-refractivity contribution is 7.92. The molecule has 2 N–H and O–H groups in total. The summed E-state index contributed by atoms with van der Waals surface area (Å²) in [6.45, 7) is 5.05. The van der Waals surface area contributed by atoms with Gasteiger partial charge in [-0.15, -0.1) is 0 Å². The summed E-state index contributed by atoms with van der Waals surface area (Å²) in [6, 6.07) is 7.69. The molecule has 0 radical (unpaired) electrons. The van der Waals surface area contributed by atoms with Crippen LogP contribution in [-0.4, -0.2) is 26.8 Å². The summed E-state index contributed by atoms with van der Waals surface area (Å²) in [6.07, 6.45) is 3.18. The van der Waals surface area contributed by atoms with Crippen molar-refractivity contribution in [3.8, 4) is 0 Å². The zero-order valence-corrected chi connectivity index (χ0v) is 13.0. The van der Waals surface area contributed by atoms with Gasteiger partial charge in [-0.3, -0.25) is 4.72 Å². The molecule has 2 rings (SSSR count). The minimum Gasteiger partial charge on any atom is -0.313 e. The standard InChI is InChI=1S/C15H24N2O2S/c1-12(2)14-8-3-4-9-15(14)17-20(18,19)11-13-7-5-6-10-16-13/h3-4,8-9,12-13,16-17H,5-7,10-11H2,1-2H3. The molecule has 20 heavy (non-hydrogen) atoms. The van der Waals surface area contributed by atoms with Gasteiger partial charge in [-0.2, -0.15) is 0 Å². The first kappa shape index (κ1) is 15.3. The summed E-state index contributed by atoms with van der Waals surface area (Å²) in [5.41, 5.74) is 1.74. The van der Waals surface area contributed by atoms with E-state index in [9.17, 15) is 8.42 Å². The van der Waals surface area contributed by atoms with Crippen molar-refractivity contribution in [3.63, 3.8) is 0 Å². The van der Waals surface area contributed by atoms with Crippen LogP contribution in [0, 0.1) is 0 Å². The van der Waals surface area contributed by atoms with E-state index in [4.69, 9.17) is 0 Å². The Hall–Kier alpha value is -1.07. The Balaban J connectivity index is 2.08. The molecule has 0 aromatic heterocycles. The molecule has 1 unspecified atom stereocenters. The normalized spacial score (nSPS) is 20.1. The maximum Gasteiger partial charge on any atom is 0.234 e. The lowest BCUT2D eigenvalue weighted by Crippen LogP contribution is -2.40. The molecule has 0 amide bonds. The second-order valence-corrected chi connectivity index (χ2v) is 7.54. The maximum atomic E-state index is 12.3. The molecule has 0 spiro atoms. The van der Waals surface area contributed by atoms with E-state index in [-0.39, 0.29) is 11.8 Å². The Morgan fingerprint density at radius 2 is 2.05 bits per heavy atom. The van der Waals surface area contributed by atoms with Crippen molar-refractivity contribution in [2.45, 2.75) is 45.1 Å². The summed E-state index contributed by atoms with van der Waals surface area (Å²) in [7, 11) is -3.30. The zero-order valence-electron chi connectivity index (χ0n) is 12.2. The summed E-state index contributed by atoms with van der Waals surface area (Å²) in [5, 5.41) is 3.28. The molecule has 1 atom stereocenters. The summed E-state index contributed by atoms with van der Waals surface area (Å²) in [4.78, 5) is 0. The van der Waals surface area contributed by atoms with Gasteiger partial charge in [-0.1, -0.05) is 38.5 Å². The Morgan fingerprint density at radius 3 is 2.70 bits per heavy atom. The van der Waals surface area contributed by atoms with Crippen molar-refractivity contribution in [1.82, 2.24) is 5.32 Å². The molecule has 1 saturated heterocycles. The van der Waals surface area contributed by atoms with Crippen LogP contribution in [0.25, 0.3) is 0 Å². The minimum absolute atomic E-state index is 0.0764. The first-order valence-corrected chi connectivity index (χ1v) is 8.96. The fourth-order valence-corrected chi connectivity index (χ4v) is 4.05. The van der Waals surface area contributed by atoms with E-state index >= 15 is 0 Å². The van der Waals surface area contributed by atoms with Crippen molar-refractivity contribution in [1.29, 1.82) is 0 Å². The second kappa shape index (κ2) is 6.59. The molecule has 1 aliphatic rings. The Bertz CT molecular complexity index is 535. The van der Waals surface area contributed by atoms with E-state index in [1.165, 1.54) is 0 Å². The molecule has 112 valence electrons. The van der Waals surface area contributed by atoms with Gasteiger partial charge in [0.15, 0.2) is 0 Å². The van der Waals surface area contributed by atoms with Crippen LogP contribution in [0.2, 0.25) is 0 Å². The second-order valence-electron chi connectivity index (χ2n) is 5.77. The molecular formula is C15H24N2O2S. The van der Waals surface area contributed by atoms with Gasteiger partial charge in [0.1, 0.15) is 0 Å². The molecule has 4 nitrogen and oxygen atoms in total. The van der Waals surface area contributed by atoms with Crippen molar-refractivity contribution < 1.29 is 8.42 Å². The number of nitrogens with one attached hydrogen (secondary N) is 2. The molecule has 1 aromatic carbocycles. The third-order valence-corrected chi connectivity index (χ3v) is 5.05. The highest BCUT2D eigenvalue weighted by atomic mass is 32.2. The van der Waals surface area contributed by atoms with Gasteiger partial charge in [0.25, 0.3) is 0 Å². The summed E-state index contributed by atoms with van der Waals surface area (Å²) in [5.74, 6) is 0.445. The molecule has 5 heteroatoms. The van der Waals surface area contributed by atoms with E-state index in [2.05, 4.69) is 23.9 Å². The summed E-state index contributed by atoms with van der Waals surface area (Å²) < 4.78 is 27.3. The van der Waals surface area contributed by atoms with Gasteiger partial charge in [0.05, 0.1) is 11.4 Å². The highest BCUT2D eigenvalue weighted by Crippen LogP contribution is 2.24. The lowest BCUT2D eigenvalue weighted by molar-refractivity contribution is 0.424. The minimum atomic E-state index is -3.30. The maximum absolute atomic E-state index is 12.3. The monoisotopic (exact) mass is 296 g/mol. The van der Waals surface area contributed by atoms with E-state index < -0.39 is 10.0 Å². The molecule has 1 aliphatic heterocycles. The third-order valence-electron chi connectivity index (χ3n) is 3.68. The smallest absolute Gasteiger partial charge is 0.234 e. The molecular weight excluding hydrogens is 272 g/mol. The predicted molar refractivity (Wildman–Crippen MR) is 83.6 cm³/mol. The number of anilines is 1. The fourth-order valence-electron chi connectivity index (χ4n) is 2.63. The molecule has 1 heterocycles. The Kier molecular flexibility index (Phi) is 5.05. The lowest BCUT2D eigenvalue weighted by atomic mass is 10.0. The first-order valence-electron chi connectivity index (χ1n) is 7.31. The van der Waals surface area contributed by atoms with Crippen molar-refractivity contribution in [2.75, 3.05) is 17.0 Å². The van der Waals surface area contributed by atoms with Crippen LogP contribution in [0.5, 0.6) is 0 Å². The van der Waals surface area contributed by atoms with Gasteiger partial charge >= 0.3 is 0 Å².